The van der Waals surface area contributed by atoms with Gasteiger partial charge in [-0.25, -0.2) is 15.4 Å². The monoisotopic (exact) mass is 473 g/mol. The largest absolute Gasteiger partial charge is 0.431 e. The predicted molar refractivity (Wildman–Crippen MR) is 113 cm³/mol. The number of hydrogen-bond donors (Lipinski definition) is 2. The number of halogens is 3. The number of hydrazone groups is 1. The van der Waals surface area contributed by atoms with Crippen molar-refractivity contribution in [1.82, 2.24) is 20.7 Å². The van der Waals surface area contributed by atoms with E-state index in [0.29, 0.717) is 23.0 Å². The third-order valence-electron chi connectivity index (χ3n) is 4.52. The molecule has 2 amide bonds. The molecule has 2 aromatic heterocycles. The molecule has 168 valence electrons. The number of rotatable bonds is 10. The van der Waals surface area contributed by atoms with Crippen LogP contribution in [0.25, 0.3) is 10.0 Å². The average Bonchev–Trinajstić information content (AvgIpc) is 3.24. The Morgan fingerprint density at radius 1 is 1.26 bits per heavy atom. The van der Waals surface area contributed by atoms with Crippen molar-refractivity contribution in [3.63, 3.8) is 0 Å². The summed E-state index contributed by atoms with van der Waals surface area (Å²) < 4.78 is 39.0. The second kappa shape index (κ2) is 10.3. The molecule has 2 N–H and O–H groups in total. The second-order valence-corrected chi connectivity index (χ2v) is 8.93. The zero-order valence-corrected chi connectivity index (χ0v) is 18.4. The Balaban J connectivity index is 1.52. The molecular formula is C19H22F3N5O2S2. The van der Waals surface area contributed by atoms with Crippen molar-refractivity contribution in [2.45, 2.75) is 57.5 Å². The second-order valence-electron chi connectivity index (χ2n) is 7.00. The first kappa shape index (κ1) is 23.3. The van der Waals surface area contributed by atoms with Crippen molar-refractivity contribution in [3.8, 4) is 10.0 Å². The van der Waals surface area contributed by atoms with Gasteiger partial charge in [0, 0.05) is 29.4 Å². The van der Waals surface area contributed by atoms with Gasteiger partial charge in [-0.05, 0) is 38.0 Å². The number of amides is 2. The Morgan fingerprint density at radius 3 is 2.65 bits per heavy atom. The van der Waals surface area contributed by atoms with Crippen LogP contribution < -0.4 is 10.7 Å². The van der Waals surface area contributed by atoms with E-state index in [2.05, 4.69) is 20.4 Å². The summed E-state index contributed by atoms with van der Waals surface area (Å²) in [7, 11) is 0. The van der Waals surface area contributed by atoms with E-state index in [-0.39, 0.29) is 31.7 Å². The number of carbonyl (C=O) groups excluding carboxylic acids is 2. The number of unbranched alkanes of at least 4 members (excludes halogenated alkanes) is 1. The summed E-state index contributed by atoms with van der Waals surface area (Å²) in [6.07, 6.45) is -0.684. The van der Waals surface area contributed by atoms with Crippen molar-refractivity contribution in [2.75, 3.05) is 6.54 Å². The quantitative estimate of drug-likeness (QED) is 0.302. The first-order valence-electron chi connectivity index (χ1n) is 9.91. The van der Waals surface area contributed by atoms with Crippen LogP contribution in [-0.2, 0) is 4.79 Å². The minimum atomic E-state index is -4.61. The highest BCUT2D eigenvalue weighted by Gasteiger charge is 2.35. The molecule has 2 aromatic rings. The first-order valence-corrected chi connectivity index (χ1v) is 11.6. The number of alkyl halides is 3. The molecule has 3 rings (SSSR count). The molecule has 0 bridgehead atoms. The van der Waals surface area contributed by atoms with Crippen molar-refractivity contribution >= 4 is 40.2 Å². The lowest BCUT2D eigenvalue weighted by Crippen LogP contribution is -2.29. The van der Waals surface area contributed by atoms with Gasteiger partial charge in [0.15, 0.2) is 10.0 Å². The molecule has 31 heavy (non-hydrogen) atoms. The molecule has 7 nitrogen and oxygen atoms in total. The van der Waals surface area contributed by atoms with Gasteiger partial charge >= 0.3 is 6.18 Å². The number of aromatic nitrogens is 2. The Labute approximate surface area is 185 Å². The molecule has 0 atom stereocenters. The van der Waals surface area contributed by atoms with Gasteiger partial charge in [-0.3, -0.25) is 9.59 Å². The molecule has 1 aliphatic carbocycles. The van der Waals surface area contributed by atoms with Gasteiger partial charge in [-0.2, -0.15) is 18.3 Å². The lowest BCUT2D eigenvalue weighted by molar-refractivity contribution is -0.120. The van der Waals surface area contributed by atoms with Gasteiger partial charge in [0.25, 0.3) is 5.91 Å². The fourth-order valence-electron chi connectivity index (χ4n) is 2.71. The molecule has 0 aromatic carbocycles. The van der Waals surface area contributed by atoms with Gasteiger partial charge in [-0.15, -0.1) is 22.7 Å². The molecule has 1 aliphatic rings. The Kier molecular flexibility index (Phi) is 7.76. The maximum absolute atomic E-state index is 13.0. The zero-order valence-electron chi connectivity index (χ0n) is 16.8. The van der Waals surface area contributed by atoms with Crippen LogP contribution in [-0.4, -0.2) is 40.2 Å². The van der Waals surface area contributed by atoms with Crippen LogP contribution in [0.2, 0.25) is 0 Å². The van der Waals surface area contributed by atoms with Crippen LogP contribution in [0.1, 0.15) is 66.7 Å². The van der Waals surface area contributed by atoms with Gasteiger partial charge in [0.05, 0.1) is 0 Å². The van der Waals surface area contributed by atoms with Gasteiger partial charge < -0.3 is 5.32 Å². The van der Waals surface area contributed by atoms with Crippen molar-refractivity contribution in [2.24, 2.45) is 5.10 Å². The van der Waals surface area contributed by atoms with Gasteiger partial charge in [0.2, 0.25) is 5.91 Å². The maximum Gasteiger partial charge on any atom is 0.431 e. The van der Waals surface area contributed by atoms with Crippen LogP contribution in [0.4, 0.5) is 13.2 Å². The molecule has 0 unspecified atom stereocenters. The molecular weight excluding hydrogens is 451 g/mol. The SMILES string of the molecule is CCC(=O)N/N=C(/CCCCNC(=O)c1nc(-c2nccs2)sc1C1CC1)C(F)(F)F. The highest BCUT2D eigenvalue weighted by molar-refractivity contribution is 7.20. The molecule has 12 heteroatoms. The van der Waals surface area contributed by atoms with Crippen LogP contribution in [0.5, 0.6) is 0 Å². The lowest BCUT2D eigenvalue weighted by Gasteiger charge is -2.11. The van der Waals surface area contributed by atoms with E-state index >= 15 is 0 Å². The molecule has 2 heterocycles. The molecule has 0 radical (unpaired) electrons. The lowest BCUT2D eigenvalue weighted by atomic mass is 10.1. The highest BCUT2D eigenvalue weighted by Crippen LogP contribution is 2.46. The van der Waals surface area contributed by atoms with E-state index in [9.17, 15) is 22.8 Å². The Bertz CT molecular complexity index is 937. The Morgan fingerprint density at radius 2 is 2.03 bits per heavy atom. The maximum atomic E-state index is 13.0. The summed E-state index contributed by atoms with van der Waals surface area (Å²) in [5.41, 5.74) is 1.25. The fraction of sp³-hybridized carbons (Fsp3) is 0.526. The van der Waals surface area contributed by atoms with Crippen LogP contribution >= 0.6 is 22.7 Å². The molecule has 0 spiro atoms. The summed E-state index contributed by atoms with van der Waals surface area (Å²) in [5.74, 6) is -0.558. The van der Waals surface area contributed by atoms with Crippen LogP contribution in [0.3, 0.4) is 0 Å². The Hall–Kier alpha value is -2.34. The van der Waals surface area contributed by atoms with Crippen LogP contribution in [0, 0.1) is 0 Å². The normalized spacial score (nSPS) is 14.5. The van der Waals surface area contributed by atoms with Gasteiger partial charge in [-0.1, -0.05) is 6.92 Å². The molecule has 0 saturated heterocycles. The molecule has 1 fully saturated rings. The summed E-state index contributed by atoms with van der Waals surface area (Å²) in [6, 6.07) is 0. The topological polar surface area (TPSA) is 96.3 Å². The number of nitrogens with zero attached hydrogens (tertiary/aromatic N) is 3. The minimum Gasteiger partial charge on any atom is -0.351 e. The van der Waals surface area contributed by atoms with Crippen molar-refractivity contribution in [1.29, 1.82) is 0 Å². The minimum absolute atomic E-state index is 0.0460. The summed E-state index contributed by atoms with van der Waals surface area (Å²) in [6.45, 7) is 1.75. The molecule has 1 saturated carbocycles. The van der Waals surface area contributed by atoms with E-state index in [4.69, 9.17) is 0 Å². The highest BCUT2D eigenvalue weighted by atomic mass is 32.1. The first-order chi connectivity index (χ1) is 14.8. The van der Waals surface area contributed by atoms with Crippen molar-refractivity contribution < 1.29 is 22.8 Å². The number of thiazole rings is 2. The summed E-state index contributed by atoms with van der Waals surface area (Å²) in [4.78, 5) is 33.4. The molecule has 0 aliphatic heterocycles. The number of hydrogen-bond acceptors (Lipinski definition) is 7. The smallest absolute Gasteiger partial charge is 0.351 e. The third-order valence-corrected chi connectivity index (χ3v) is 6.66. The van der Waals surface area contributed by atoms with E-state index in [1.165, 1.54) is 29.6 Å². The zero-order chi connectivity index (χ0) is 22.4. The predicted octanol–water partition coefficient (Wildman–Crippen LogP) is 4.49. The number of nitrogens with one attached hydrogen (secondary N) is 2. The fourth-order valence-corrected chi connectivity index (χ4v) is 4.62. The van der Waals surface area contributed by atoms with E-state index < -0.39 is 17.8 Å². The van der Waals surface area contributed by atoms with Gasteiger partial charge in [0.1, 0.15) is 11.4 Å². The van der Waals surface area contributed by atoms with E-state index in [1.54, 1.807) is 6.20 Å². The van der Waals surface area contributed by atoms with Crippen molar-refractivity contribution in [3.05, 3.63) is 22.1 Å². The average molecular weight is 474 g/mol. The van der Waals surface area contributed by atoms with E-state index in [0.717, 1.165) is 22.7 Å². The third kappa shape index (κ3) is 6.57. The van der Waals surface area contributed by atoms with Crippen LogP contribution in [0.15, 0.2) is 16.7 Å². The summed E-state index contributed by atoms with van der Waals surface area (Å²) in [5, 5.41) is 9.27. The van der Waals surface area contributed by atoms with E-state index in [1.807, 2.05) is 10.8 Å². The number of carbonyl (C=O) groups is 2. The summed E-state index contributed by atoms with van der Waals surface area (Å²) >= 11 is 2.93. The standard InChI is InChI=1S/C19H22F3N5O2S2/c1-2-13(28)27-26-12(19(20,21)22)5-3-4-8-23-16(29)14-15(11-6-7-11)31-18(25-14)17-24-9-10-30-17/h9-11H,2-8H2,1H3,(H,23,29)(H,27,28)/b26-12-.